The van der Waals surface area contributed by atoms with Crippen molar-refractivity contribution < 1.29 is 0 Å². The molecule has 0 aromatic heterocycles. The van der Waals surface area contributed by atoms with Crippen molar-refractivity contribution in [1.29, 1.82) is 0 Å². The highest BCUT2D eigenvalue weighted by Gasteiger charge is 2.18. The van der Waals surface area contributed by atoms with Crippen LogP contribution in [-0.2, 0) is 0 Å². The molecule has 0 saturated carbocycles. The van der Waals surface area contributed by atoms with E-state index >= 15 is 0 Å². The summed E-state index contributed by atoms with van der Waals surface area (Å²) in [4.78, 5) is 42.6. The minimum Gasteiger partial charge on any atom is -0.240 e. The molecule has 0 aliphatic carbocycles. The summed E-state index contributed by atoms with van der Waals surface area (Å²) in [6.45, 7) is 0.170. The summed E-state index contributed by atoms with van der Waals surface area (Å²) >= 11 is 0. The van der Waals surface area contributed by atoms with Gasteiger partial charge in [0.05, 0.1) is 21.1 Å². The van der Waals surface area contributed by atoms with Crippen LogP contribution >= 0.6 is 0 Å². The molecular formula is C8H16N8O4. The molecule has 1 aliphatic rings. The third kappa shape index (κ3) is 5.07. The van der Waals surface area contributed by atoms with Gasteiger partial charge in [0, 0.05) is 13.1 Å². The van der Waals surface area contributed by atoms with Crippen LogP contribution in [-0.4, -0.2) is 53.1 Å². The van der Waals surface area contributed by atoms with Gasteiger partial charge >= 0.3 is 0 Å². The molecule has 1 heterocycles. The van der Waals surface area contributed by atoms with E-state index in [-0.39, 0.29) is 20.0 Å². The van der Waals surface area contributed by atoms with E-state index in [1.54, 1.807) is 0 Å². The summed E-state index contributed by atoms with van der Waals surface area (Å²) in [6, 6.07) is 0. The van der Waals surface area contributed by atoms with E-state index in [0.717, 1.165) is 26.5 Å². The summed E-state index contributed by atoms with van der Waals surface area (Å²) in [7, 11) is 0. The Bertz CT molecular complexity index is 312. The highest BCUT2D eigenvalue weighted by molar-refractivity contribution is 4.60. The van der Waals surface area contributed by atoms with E-state index < -0.39 is 0 Å². The molecule has 12 nitrogen and oxygen atoms in total. The molecule has 0 aromatic carbocycles. The van der Waals surface area contributed by atoms with Gasteiger partial charge in [-0.05, 0) is 19.3 Å². The van der Waals surface area contributed by atoms with Gasteiger partial charge < -0.3 is 0 Å². The lowest BCUT2D eigenvalue weighted by atomic mass is 10.2. The smallest absolute Gasteiger partial charge is 0.134 e. The second kappa shape index (κ2) is 8.66. The van der Waals surface area contributed by atoms with Crippen molar-refractivity contribution in [2.75, 3.05) is 33.1 Å². The van der Waals surface area contributed by atoms with Crippen LogP contribution in [0.15, 0.2) is 21.1 Å². The Kier molecular flexibility index (Phi) is 6.78. The Balaban J connectivity index is 2.74. The summed E-state index contributed by atoms with van der Waals surface area (Å²) in [5, 5.41) is 15.1. The van der Waals surface area contributed by atoms with Crippen molar-refractivity contribution in [2.24, 2.45) is 21.1 Å². The Hall–Kier alpha value is -2.40. The molecule has 0 spiro atoms. The van der Waals surface area contributed by atoms with Crippen molar-refractivity contribution in [2.45, 2.75) is 19.3 Å². The van der Waals surface area contributed by atoms with Gasteiger partial charge in [0.1, 0.15) is 20.0 Å². The molecule has 0 N–H and O–H groups in total. The van der Waals surface area contributed by atoms with E-state index in [1.807, 2.05) is 0 Å². The van der Waals surface area contributed by atoms with E-state index in [2.05, 4.69) is 21.1 Å². The van der Waals surface area contributed by atoms with Crippen molar-refractivity contribution in [1.82, 2.24) is 20.0 Å². The van der Waals surface area contributed by atoms with Gasteiger partial charge in [-0.1, -0.05) is 0 Å². The van der Waals surface area contributed by atoms with E-state index in [9.17, 15) is 19.6 Å². The first-order valence-corrected chi connectivity index (χ1v) is 6.06. The molecule has 0 radical (unpaired) electrons. The molecule has 0 bridgehead atoms. The van der Waals surface area contributed by atoms with Crippen LogP contribution in [0.5, 0.6) is 0 Å². The SMILES string of the molecule is O=NN1CCCCCN(N=O)CN(N=O)CN(N=O)C1. The molecular weight excluding hydrogens is 272 g/mol. The fourth-order valence-electron chi connectivity index (χ4n) is 1.80. The molecule has 12 heteroatoms. The normalized spacial score (nSPS) is 18.8. The van der Waals surface area contributed by atoms with Gasteiger partial charge in [-0.15, -0.1) is 19.6 Å². The number of hydrogen-bond donors (Lipinski definition) is 0. The molecule has 1 fully saturated rings. The Morgan fingerprint density at radius 1 is 0.500 bits per heavy atom. The van der Waals surface area contributed by atoms with Crippen LogP contribution in [0, 0.1) is 19.6 Å². The fraction of sp³-hybridized carbons (Fsp3) is 1.00. The number of rotatable bonds is 4. The molecule has 1 rings (SSSR count). The zero-order valence-corrected chi connectivity index (χ0v) is 10.9. The summed E-state index contributed by atoms with van der Waals surface area (Å²) in [6.07, 6.45) is 2.11. The largest absolute Gasteiger partial charge is 0.240 e. The highest BCUT2D eigenvalue weighted by atomic mass is 16.3. The fourth-order valence-corrected chi connectivity index (χ4v) is 1.80. The number of nitroso groups, excluding NO2 is 4. The number of hydrogen-bond acceptors (Lipinski definition) is 8. The molecule has 20 heavy (non-hydrogen) atoms. The minimum atomic E-state index is -0.259. The molecule has 112 valence electrons. The first kappa shape index (κ1) is 15.7. The average Bonchev–Trinajstić information content (AvgIpc) is 2.47. The van der Waals surface area contributed by atoms with Crippen molar-refractivity contribution in [3.05, 3.63) is 19.6 Å². The summed E-state index contributed by atoms with van der Waals surface area (Å²) in [5.41, 5.74) is 0. The second-order valence-corrected chi connectivity index (χ2v) is 4.28. The van der Waals surface area contributed by atoms with Gasteiger partial charge in [0.15, 0.2) is 0 Å². The third-order valence-electron chi connectivity index (χ3n) is 2.77. The monoisotopic (exact) mass is 288 g/mol. The van der Waals surface area contributed by atoms with Crippen LogP contribution in [0.2, 0.25) is 0 Å². The van der Waals surface area contributed by atoms with Crippen LogP contribution < -0.4 is 0 Å². The van der Waals surface area contributed by atoms with Gasteiger partial charge in [-0.25, -0.2) is 20.0 Å². The van der Waals surface area contributed by atoms with Crippen LogP contribution in [0.1, 0.15) is 19.3 Å². The molecule has 0 amide bonds. The Morgan fingerprint density at radius 3 is 1.20 bits per heavy atom. The Morgan fingerprint density at radius 2 is 0.850 bits per heavy atom. The third-order valence-corrected chi connectivity index (χ3v) is 2.77. The Labute approximate surface area is 114 Å². The minimum absolute atomic E-state index is 0.145. The van der Waals surface area contributed by atoms with E-state index in [0.29, 0.717) is 25.9 Å². The lowest BCUT2D eigenvalue weighted by molar-refractivity contribution is 0.0334. The average molecular weight is 288 g/mol. The van der Waals surface area contributed by atoms with Crippen molar-refractivity contribution in [3.63, 3.8) is 0 Å². The first-order chi connectivity index (χ1) is 9.73. The summed E-state index contributed by atoms with van der Waals surface area (Å²) in [5.74, 6) is 0. The van der Waals surface area contributed by atoms with Gasteiger partial charge in [0.2, 0.25) is 0 Å². The zero-order valence-electron chi connectivity index (χ0n) is 10.9. The van der Waals surface area contributed by atoms with Crippen LogP contribution in [0.25, 0.3) is 0 Å². The highest BCUT2D eigenvalue weighted by Crippen LogP contribution is 2.08. The first-order valence-electron chi connectivity index (χ1n) is 6.06. The van der Waals surface area contributed by atoms with Crippen LogP contribution in [0.3, 0.4) is 0 Å². The van der Waals surface area contributed by atoms with Crippen molar-refractivity contribution in [3.8, 4) is 0 Å². The standard InChI is InChI=1S/C8H16N8O4/c17-9-13-4-2-1-3-5-14(10-18)7-16(12-20)8-15(6-13)11-19/h1-8H2. The van der Waals surface area contributed by atoms with Crippen LogP contribution in [0.4, 0.5) is 0 Å². The predicted octanol–water partition coefficient (Wildman–Crippen LogP) is 0.976. The van der Waals surface area contributed by atoms with Gasteiger partial charge in [-0.3, -0.25) is 0 Å². The molecule has 0 aromatic rings. The molecule has 1 saturated heterocycles. The maximum Gasteiger partial charge on any atom is 0.134 e. The molecule has 0 atom stereocenters. The maximum atomic E-state index is 10.7. The zero-order chi connectivity index (χ0) is 14.8. The quantitative estimate of drug-likeness (QED) is 0.699. The second-order valence-electron chi connectivity index (χ2n) is 4.28. The maximum absolute atomic E-state index is 10.7. The lowest BCUT2D eigenvalue weighted by Gasteiger charge is -2.28. The molecule has 1 aliphatic heterocycles. The van der Waals surface area contributed by atoms with Crippen molar-refractivity contribution >= 4 is 0 Å². The predicted molar refractivity (Wildman–Crippen MR) is 68.7 cm³/mol. The van der Waals surface area contributed by atoms with Gasteiger partial charge in [0.25, 0.3) is 0 Å². The topological polar surface area (TPSA) is 131 Å². The summed E-state index contributed by atoms with van der Waals surface area (Å²) < 4.78 is 0. The van der Waals surface area contributed by atoms with E-state index in [4.69, 9.17) is 0 Å². The lowest BCUT2D eigenvalue weighted by Crippen LogP contribution is -2.42. The van der Waals surface area contributed by atoms with Gasteiger partial charge in [-0.2, -0.15) is 0 Å². The molecule has 0 unspecified atom stereocenters. The number of nitrogens with zero attached hydrogens (tertiary/aromatic N) is 8. The van der Waals surface area contributed by atoms with E-state index in [1.165, 1.54) is 0 Å².